The number of nitrogens with zero attached hydrogens (tertiary/aromatic N) is 2. The van der Waals surface area contributed by atoms with Gasteiger partial charge in [0, 0.05) is 41.8 Å². The Balaban J connectivity index is 1.47. The molecule has 176 valence electrons. The van der Waals surface area contributed by atoms with Gasteiger partial charge in [-0.15, -0.1) is 0 Å². The molecule has 6 rings (SSSR count). The Bertz CT molecular complexity index is 1400. The molecule has 2 fully saturated rings. The van der Waals surface area contributed by atoms with E-state index >= 15 is 0 Å². The van der Waals surface area contributed by atoms with Gasteiger partial charge in [-0.2, -0.15) is 0 Å². The molecule has 1 unspecified atom stereocenters. The highest BCUT2D eigenvalue weighted by Crippen LogP contribution is 2.33. The Morgan fingerprint density at radius 2 is 1.97 bits per heavy atom. The quantitative estimate of drug-likeness (QED) is 0.357. The van der Waals surface area contributed by atoms with E-state index in [1.807, 2.05) is 18.2 Å². The van der Waals surface area contributed by atoms with E-state index in [-0.39, 0.29) is 11.6 Å². The molecule has 0 saturated carbocycles. The maximum atomic E-state index is 13.4. The average molecular weight is 479 g/mol. The number of H-pyrrole nitrogens is 2. The number of hydrogen-bond donors (Lipinski definition) is 4. The summed E-state index contributed by atoms with van der Waals surface area (Å²) in [5.74, 6) is 0.554. The maximum absolute atomic E-state index is 13.4. The molecule has 2 saturated heterocycles. The standard InChI is InChI=1S/C25H27ClN6O2/c26-15-3-5-18-20(12-15)31-25(33)22(23(18)28-16-2-1-7-27-14-16)24-29-19-6-4-17(13-21(19)30-24)32-8-10-34-11-9-32/h3-6,12-13,16,27H,1-2,7-11,14H2,(H,29,30)(H2,28,31,33). The first-order valence-electron chi connectivity index (χ1n) is 11.8. The van der Waals surface area contributed by atoms with Gasteiger partial charge >= 0.3 is 0 Å². The van der Waals surface area contributed by atoms with E-state index in [1.54, 1.807) is 6.07 Å². The number of pyridine rings is 1. The van der Waals surface area contributed by atoms with E-state index in [9.17, 15) is 4.79 Å². The number of benzene rings is 2. The summed E-state index contributed by atoms with van der Waals surface area (Å²) in [7, 11) is 0. The number of hydrogen-bond acceptors (Lipinski definition) is 6. The number of rotatable bonds is 4. The summed E-state index contributed by atoms with van der Waals surface area (Å²) in [5.41, 5.74) is 4.66. The Morgan fingerprint density at radius 1 is 1.09 bits per heavy atom. The van der Waals surface area contributed by atoms with Gasteiger partial charge in [-0.25, -0.2) is 4.98 Å². The third kappa shape index (κ3) is 4.02. The van der Waals surface area contributed by atoms with E-state index in [1.165, 1.54) is 0 Å². The second-order valence-corrected chi connectivity index (χ2v) is 9.40. The lowest BCUT2D eigenvalue weighted by Gasteiger charge is -2.28. The molecule has 0 aliphatic carbocycles. The van der Waals surface area contributed by atoms with Crippen LogP contribution in [-0.4, -0.2) is 60.4 Å². The zero-order chi connectivity index (χ0) is 23.1. The first-order chi connectivity index (χ1) is 16.7. The van der Waals surface area contributed by atoms with Gasteiger partial charge in [0.05, 0.1) is 35.5 Å². The Labute approximate surface area is 201 Å². The Hall–Kier alpha value is -3.07. The van der Waals surface area contributed by atoms with Gasteiger partial charge in [0.2, 0.25) is 0 Å². The van der Waals surface area contributed by atoms with E-state index in [4.69, 9.17) is 21.3 Å². The highest BCUT2D eigenvalue weighted by Gasteiger charge is 2.22. The van der Waals surface area contributed by atoms with Crippen molar-refractivity contribution < 1.29 is 4.74 Å². The lowest BCUT2D eigenvalue weighted by molar-refractivity contribution is 0.122. The molecule has 1 atom stereocenters. The van der Waals surface area contributed by atoms with Gasteiger partial charge in [-0.3, -0.25) is 4.79 Å². The molecule has 2 aliphatic rings. The van der Waals surface area contributed by atoms with Gasteiger partial charge in [-0.1, -0.05) is 11.6 Å². The van der Waals surface area contributed by atoms with Crippen LogP contribution in [-0.2, 0) is 4.74 Å². The van der Waals surface area contributed by atoms with E-state index < -0.39 is 0 Å². The van der Waals surface area contributed by atoms with Crippen LogP contribution in [0.15, 0.2) is 41.2 Å². The van der Waals surface area contributed by atoms with E-state index in [2.05, 4.69) is 37.6 Å². The van der Waals surface area contributed by atoms with Crippen molar-refractivity contribution in [3.8, 4) is 11.4 Å². The summed E-state index contributed by atoms with van der Waals surface area (Å²) >= 11 is 6.22. The van der Waals surface area contributed by atoms with Crippen molar-refractivity contribution in [3.05, 3.63) is 51.8 Å². The summed E-state index contributed by atoms with van der Waals surface area (Å²) in [5, 5.41) is 8.59. The number of anilines is 2. The topological polar surface area (TPSA) is 98.1 Å². The van der Waals surface area contributed by atoms with Crippen molar-refractivity contribution in [2.45, 2.75) is 18.9 Å². The second kappa shape index (κ2) is 8.94. The number of halogens is 1. The fourth-order valence-corrected chi connectivity index (χ4v) is 5.13. The van der Waals surface area contributed by atoms with Gasteiger partial charge in [0.25, 0.3) is 5.56 Å². The smallest absolute Gasteiger partial charge is 0.261 e. The largest absolute Gasteiger partial charge is 0.380 e. The number of imidazole rings is 1. The number of aromatic nitrogens is 3. The highest BCUT2D eigenvalue weighted by atomic mass is 35.5. The van der Waals surface area contributed by atoms with Crippen LogP contribution in [0.4, 0.5) is 11.4 Å². The first kappa shape index (κ1) is 21.5. The van der Waals surface area contributed by atoms with Gasteiger partial charge in [0.15, 0.2) is 0 Å². The monoisotopic (exact) mass is 478 g/mol. The molecule has 9 heteroatoms. The molecule has 0 spiro atoms. The van der Waals surface area contributed by atoms with Crippen LogP contribution in [0.25, 0.3) is 33.3 Å². The number of morpholine rings is 1. The minimum Gasteiger partial charge on any atom is -0.380 e. The molecule has 34 heavy (non-hydrogen) atoms. The van der Waals surface area contributed by atoms with Crippen LogP contribution in [0.5, 0.6) is 0 Å². The van der Waals surface area contributed by atoms with Crippen LogP contribution in [0.3, 0.4) is 0 Å². The van der Waals surface area contributed by atoms with Crippen LogP contribution >= 0.6 is 11.6 Å². The lowest BCUT2D eigenvalue weighted by atomic mass is 10.0. The predicted molar refractivity (Wildman–Crippen MR) is 137 cm³/mol. The van der Waals surface area contributed by atoms with E-state index in [0.717, 1.165) is 80.0 Å². The van der Waals surface area contributed by atoms with Crippen molar-refractivity contribution in [1.82, 2.24) is 20.3 Å². The number of ether oxygens (including phenoxy) is 1. The number of aromatic amines is 2. The predicted octanol–water partition coefficient (Wildman–Crippen LogP) is 3.73. The molecule has 0 amide bonds. The van der Waals surface area contributed by atoms with Crippen LogP contribution in [0.2, 0.25) is 5.02 Å². The van der Waals surface area contributed by atoms with Crippen molar-refractivity contribution in [3.63, 3.8) is 0 Å². The second-order valence-electron chi connectivity index (χ2n) is 8.97. The number of fused-ring (bicyclic) bond motifs is 2. The SMILES string of the molecule is O=c1[nH]c2cc(Cl)ccc2c(NC2CCCNC2)c1-c1nc2cc(N3CCOCC3)ccc2[nH]1. The van der Waals surface area contributed by atoms with E-state index in [0.29, 0.717) is 21.9 Å². The summed E-state index contributed by atoms with van der Waals surface area (Å²) in [4.78, 5) is 26.9. The molecule has 0 bridgehead atoms. The summed E-state index contributed by atoms with van der Waals surface area (Å²) in [6.07, 6.45) is 2.13. The zero-order valence-electron chi connectivity index (χ0n) is 18.8. The molecule has 4 N–H and O–H groups in total. The van der Waals surface area contributed by atoms with Crippen molar-refractivity contribution in [1.29, 1.82) is 0 Å². The summed E-state index contributed by atoms with van der Waals surface area (Å²) in [6, 6.07) is 12.0. The van der Waals surface area contributed by atoms with Gasteiger partial charge < -0.3 is 30.2 Å². The van der Waals surface area contributed by atoms with Crippen LogP contribution in [0.1, 0.15) is 12.8 Å². The minimum atomic E-state index is -0.200. The molecule has 4 aromatic rings. The molecule has 0 radical (unpaired) electrons. The molecular weight excluding hydrogens is 452 g/mol. The number of piperidine rings is 1. The molecule has 2 aliphatic heterocycles. The van der Waals surface area contributed by atoms with Crippen LogP contribution in [0, 0.1) is 0 Å². The lowest BCUT2D eigenvalue weighted by Crippen LogP contribution is -2.38. The average Bonchev–Trinajstić information content (AvgIpc) is 3.27. The molecule has 2 aromatic carbocycles. The van der Waals surface area contributed by atoms with Crippen LogP contribution < -0.4 is 21.1 Å². The van der Waals surface area contributed by atoms with Gasteiger partial charge in [0.1, 0.15) is 11.4 Å². The third-order valence-corrected chi connectivity index (χ3v) is 6.94. The maximum Gasteiger partial charge on any atom is 0.261 e. The fourth-order valence-electron chi connectivity index (χ4n) is 4.96. The highest BCUT2D eigenvalue weighted by molar-refractivity contribution is 6.31. The molecule has 4 heterocycles. The summed E-state index contributed by atoms with van der Waals surface area (Å²) < 4.78 is 5.48. The normalized spacial score (nSPS) is 19.1. The third-order valence-electron chi connectivity index (χ3n) is 6.70. The zero-order valence-corrected chi connectivity index (χ0v) is 19.5. The first-order valence-corrected chi connectivity index (χ1v) is 12.2. The van der Waals surface area contributed by atoms with Crippen molar-refractivity contribution in [2.24, 2.45) is 0 Å². The molecule has 8 nitrogen and oxygen atoms in total. The fraction of sp³-hybridized carbons (Fsp3) is 0.360. The van der Waals surface area contributed by atoms with Crippen molar-refractivity contribution >= 4 is 44.9 Å². The molecule has 2 aromatic heterocycles. The Morgan fingerprint density at radius 3 is 2.79 bits per heavy atom. The van der Waals surface area contributed by atoms with Crippen molar-refractivity contribution in [2.75, 3.05) is 49.6 Å². The van der Waals surface area contributed by atoms with Gasteiger partial charge in [-0.05, 0) is 55.8 Å². The minimum absolute atomic E-state index is 0.200. The molecular formula is C25H27ClN6O2. The number of nitrogens with one attached hydrogen (secondary N) is 4. The Kier molecular flexibility index (Phi) is 5.64. The summed E-state index contributed by atoms with van der Waals surface area (Å²) in [6.45, 7) is 5.05.